The molecule has 4 heterocycles. The predicted octanol–water partition coefficient (Wildman–Crippen LogP) is 4.22. The van der Waals surface area contributed by atoms with Crippen molar-refractivity contribution in [3.05, 3.63) is 65.1 Å². The van der Waals surface area contributed by atoms with Crippen molar-refractivity contribution < 1.29 is 18.7 Å². The van der Waals surface area contributed by atoms with Gasteiger partial charge in [0.05, 0.1) is 29.9 Å². The van der Waals surface area contributed by atoms with E-state index in [1.807, 2.05) is 12.1 Å². The molecule has 232 valence electrons. The van der Waals surface area contributed by atoms with Gasteiger partial charge in [-0.15, -0.1) is 0 Å². The van der Waals surface area contributed by atoms with E-state index in [2.05, 4.69) is 52.6 Å². The van der Waals surface area contributed by atoms with E-state index in [-0.39, 0.29) is 6.10 Å². The second-order valence-electron chi connectivity index (χ2n) is 11.0. The number of benzene rings is 2. The summed E-state index contributed by atoms with van der Waals surface area (Å²) >= 11 is 6.66. The van der Waals surface area contributed by atoms with Crippen LogP contribution in [0.2, 0.25) is 5.02 Å². The molecule has 0 bridgehead atoms. The molecule has 1 aromatic heterocycles. The molecule has 2 saturated heterocycles. The summed E-state index contributed by atoms with van der Waals surface area (Å²) < 4.78 is 25.5. The first kappa shape index (κ1) is 31.4. The van der Waals surface area contributed by atoms with Crippen LogP contribution in [0.1, 0.15) is 18.2 Å². The molecule has 6 rings (SSSR count). The molecule has 44 heavy (non-hydrogen) atoms. The van der Waals surface area contributed by atoms with Crippen LogP contribution in [0.15, 0.2) is 48.8 Å². The Morgan fingerprint density at radius 3 is 2.57 bits per heavy atom. The van der Waals surface area contributed by atoms with Gasteiger partial charge in [0.2, 0.25) is 0 Å². The van der Waals surface area contributed by atoms with Crippen molar-refractivity contribution in [1.29, 1.82) is 5.26 Å². The molecule has 2 fully saturated rings. The number of rotatable bonds is 6. The van der Waals surface area contributed by atoms with Gasteiger partial charge in [0.25, 0.3) is 5.91 Å². The first-order valence-corrected chi connectivity index (χ1v) is 15.1. The number of hydrogen-bond donors (Lipinski definition) is 0. The van der Waals surface area contributed by atoms with Crippen LogP contribution in [0, 0.1) is 11.3 Å². The highest BCUT2D eigenvalue weighted by Crippen LogP contribution is 2.37. The molecule has 1 unspecified atom stereocenters. The highest BCUT2D eigenvalue weighted by molar-refractivity contribution is 6.36. The molecule has 3 aliphatic rings. The van der Waals surface area contributed by atoms with E-state index in [9.17, 15) is 9.18 Å². The number of carbonyl (C=O) groups is 1. The molecule has 1 amide bonds. The van der Waals surface area contributed by atoms with Gasteiger partial charge in [-0.05, 0) is 31.0 Å². The molecular formula is C32H37ClFN7O3. The lowest BCUT2D eigenvalue weighted by Crippen LogP contribution is -2.49. The molecule has 0 N–H and O–H groups in total. The first-order chi connectivity index (χ1) is 21.3. The smallest absolute Gasteiger partial charge is 0.318 e. The Morgan fingerprint density at radius 2 is 1.86 bits per heavy atom. The third-order valence-corrected chi connectivity index (χ3v) is 8.35. The van der Waals surface area contributed by atoms with Gasteiger partial charge in [-0.25, -0.2) is 4.39 Å². The maximum Gasteiger partial charge on any atom is 0.318 e. The Balaban J connectivity index is 0.00000123. The molecule has 3 aromatic rings. The topological polar surface area (TPSA) is 98.1 Å². The van der Waals surface area contributed by atoms with E-state index in [0.29, 0.717) is 51.9 Å². The van der Waals surface area contributed by atoms with Gasteiger partial charge < -0.3 is 29.1 Å². The SMILES string of the molecule is C=C(F)C(=O)N1CCN(c2nc(OCC3CN(C)CCO3)nc3c2CCN(c2cccc4cccc(Cl)c24)C3)CC1.CC#N. The van der Waals surface area contributed by atoms with Gasteiger partial charge >= 0.3 is 6.01 Å². The minimum absolute atomic E-state index is 0.0606. The van der Waals surface area contributed by atoms with Crippen molar-refractivity contribution in [1.82, 2.24) is 19.8 Å². The summed E-state index contributed by atoms with van der Waals surface area (Å²) in [5.41, 5.74) is 3.04. The number of nitrogens with zero attached hydrogens (tertiary/aromatic N) is 7. The number of likely N-dealkylation sites (N-methyl/N-ethyl adjacent to an activating group) is 1. The fourth-order valence-corrected chi connectivity index (χ4v) is 6.17. The summed E-state index contributed by atoms with van der Waals surface area (Å²) in [4.78, 5) is 30.1. The highest BCUT2D eigenvalue weighted by atomic mass is 35.5. The van der Waals surface area contributed by atoms with E-state index in [0.717, 1.165) is 64.6 Å². The maximum atomic E-state index is 13.5. The van der Waals surface area contributed by atoms with Crippen LogP contribution in [0.4, 0.5) is 15.9 Å². The minimum Gasteiger partial charge on any atom is -0.461 e. The van der Waals surface area contributed by atoms with Crippen LogP contribution < -0.4 is 14.5 Å². The summed E-state index contributed by atoms with van der Waals surface area (Å²) in [6.45, 7) is 10.5. The number of aromatic nitrogens is 2. The van der Waals surface area contributed by atoms with E-state index < -0.39 is 11.7 Å². The second-order valence-corrected chi connectivity index (χ2v) is 11.4. The number of halogens is 2. The Kier molecular flexibility index (Phi) is 10.1. The molecule has 3 aliphatic heterocycles. The van der Waals surface area contributed by atoms with Gasteiger partial charge in [0.1, 0.15) is 18.5 Å². The molecule has 12 heteroatoms. The number of amides is 1. The number of hydrogen-bond acceptors (Lipinski definition) is 9. The summed E-state index contributed by atoms with van der Waals surface area (Å²) in [5.74, 6) is -0.772. The predicted molar refractivity (Wildman–Crippen MR) is 169 cm³/mol. The number of ether oxygens (including phenoxy) is 2. The summed E-state index contributed by atoms with van der Waals surface area (Å²) in [6, 6.07) is 14.2. The van der Waals surface area contributed by atoms with Gasteiger partial charge in [-0.2, -0.15) is 15.2 Å². The standard InChI is InChI=1S/C30H34ClFN6O3.C2H3N/c1-20(32)29(39)37-13-11-36(12-14-37)28-23-9-10-38(26-8-4-6-21-5-3-7-24(31)27(21)26)18-25(23)33-30(34-28)41-19-22-17-35(2)15-16-40-22;1-2-3/h3-8,22H,1,9-19H2,2H3;1H3. The number of piperazine rings is 1. The second kappa shape index (κ2) is 14.2. The molecule has 10 nitrogen and oxygen atoms in total. The molecule has 2 aromatic carbocycles. The first-order valence-electron chi connectivity index (χ1n) is 14.7. The van der Waals surface area contributed by atoms with Crippen LogP contribution in [-0.2, 0) is 22.5 Å². The number of nitriles is 1. The zero-order valence-electron chi connectivity index (χ0n) is 25.1. The normalized spacial score (nSPS) is 18.6. The summed E-state index contributed by atoms with van der Waals surface area (Å²) in [5, 5.41) is 10.2. The van der Waals surface area contributed by atoms with Gasteiger partial charge in [-0.1, -0.05) is 42.4 Å². The minimum atomic E-state index is -0.933. The maximum absolute atomic E-state index is 13.5. The Labute approximate surface area is 262 Å². The number of anilines is 2. The molecule has 0 saturated carbocycles. The average molecular weight is 622 g/mol. The fourth-order valence-electron chi connectivity index (χ4n) is 5.89. The van der Waals surface area contributed by atoms with Gasteiger partial charge in [0, 0.05) is 69.4 Å². The van der Waals surface area contributed by atoms with Crippen LogP contribution in [0.3, 0.4) is 0 Å². The van der Waals surface area contributed by atoms with E-state index in [1.54, 1.807) is 6.07 Å². The Hall–Kier alpha value is -3.98. The van der Waals surface area contributed by atoms with E-state index in [4.69, 9.17) is 36.3 Å². The third kappa shape index (κ3) is 7.04. The third-order valence-electron chi connectivity index (χ3n) is 8.03. The van der Waals surface area contributed by atoms with E-state index in [1.165, 1.54) is 11.8 Å². The molecule has 0 spiro atoms. The Bertz CT molecular complexity index is 1550. The van der Waals surface area contributed by atoms with Crippen LogP contribution in [-0.4, -0.2) is 97.9 Å². The van der Waals surface area contributed by atoms with E-state index >= 15 is 0 Å². The average Bonchev–Trinajstić information content (AvgIpc) is 3.03. The van der Waals surface area contributed by atoms with Crippen molar-refractivity contribution in [3.63, 3.8) is 0 Å². The van der Waals surface area contributed by atoms with Crippen LogP contribution in [0.5, 0.6) is 6.01 Å². The van der Waals surface area contributed by atoms with Crippen LogP contribution in [0.25, 0.3) is 10.8 Å². The molecule has 1 atom stereocenters. The quantitative estimate of drug-likeness (QED) is 0.375. The number of fused-ring (bicyclic) bond motifs is 2. The zero-order valence-corrected chi connectivity index (χ0v) is 25.9. The summed E-state index contributed by atoms with van der Waals surface area (Å²) in [7, 11) is 2.07. The van der Waals surface area contributed by atoms with Gasteiger partial charge in [0.15, 0.2) is 5.83 Å². The lowest BCUT2D eigenvalue weighted by molar-refractivity contribution is -0.128. The number of carbonyl (C=O) groups excluding carboxylic acids is 1. The molecule has 0 aliphatic carbocycles. The lowest BCUT2D eigenvalue weighted by atomic mass is 10.0. The van der Waals surface area contributed by atoms with Crippen molar-refractivity contribution in [2.45, 2.75) is 26.0 Å². The highest BCUT2D eigenvalue weighted by Gasteiger charge is 2.30. The molecule has 0 radical (unpaired) electrons. The van der Waals surface area contributed by atoms with Gasteiger partial charge in [-0.3, -0.25) is 4.79 Å². The monoisotopic (exact) mass is 621 g/mol. The van der Waals surface area contributed by atoms with Crippen molar-refractivity contribution in [2.24, 2.45) is 0 Å². The molecular weight excluding hydrogens is 585 g/mol. The Morgan fingerprint density at radius 1 is 1.14 bits per heavy atom. The van der Waals surface area contributed by atoms with Crippen molar-refractivity contribution in [2.75, 3.05) is 75.9 Å². The van der Waals surface area contributed by atoms with Crippen molar-refractivity contribution in [3.8, 4) is 12.1 Å². The van der Waals surface area contributed by atoms with Crippen molar-refractivity contribution >= 4 is 39.8 Å². The summed E-state index contributed by atoms with van der Waals surface area (Å²) in [6.07, 6.45) is 0.678. The fraction of sp³-hybridized carbons (Fsp3) is 0.438. The lowest BCUT2D eigenvalue weighted by Gasteiger charge is -2.38. The number of morpholine rings is 1. The van der Waals surface area contributed by atoms with Crippen LogP contribution >= 0.6 is 11.6 Å². The zero-order chi connectivity index (χ0) is 31.2. The largest absolute Gasteiger partial charge is 0.461 e.